The van der Waals surface area contributed by atoms with Gasteiger partial charge in [-0.2, -0.15) is 0 Å². The molecule has 0 aliphatic carbocycles. The molecule has 0 heterocycles. The zero-order chi connectivity index (χ0) is 6.57. The van der Waals surface area contributed by atoms with Crippen LogP contribution < -0.4 is 10.5 Å². The van der Waals surface area contributed by atoms with Crippen LogP contribution in [0.5, 0.6) is 0 Å². The summed E-state index contributed by atoms with van der Waals surface area (Å²) in [5.41, 5.74) is 5.08. The summed E-state index contributed by atoms with van der Waals surface area (Å²) in [6.07, 6.45) is 0. The van der Waals surface area contributed by atoms with Crippen LogP contribution in [0.1, 0.15) is 0 Å². The number of thiocarbonyl (C=S) groups is 2. The predicted octanol–water partition coefficient (Wildman–Crippen LogP) is 0.682. The standard InChI is InChI=1S/C2H4N2S4/c3-1(5)8-4-2(6)7/h(H2,3,5)(H2,4,6,7). The minimum absolute atomic E-state index is 0.307. The van der Waals surface area contributed by atoms with Crippen LogP contribution in [0.15, 0.2) is 0 Å². The van der Waals surface area contributed by atoms with E-state index in [1.807, 2.05) is 0 Å². The first kappa shape index (κ1) is 8.48. The Hall–Kier alpha value is 0.480. The average molecular weight is 184 g/mol. The van der Waals surface area contributed by atoms with Crippen molar-refractivity contribution in [2.45, 2.75) is 0 Å². The van der Waals surface area contributed by atoms with Gasteiger partial charge in [0.2, 0.25) is 0 Å². The van der Waals surface area contributed by atoms with Gasteiger partial charge in [-0.1, -0.05) is 24.4 Å². The Morgan fingerprint density at radius 1 is 1.62 bits per heavy atom. The van der Waals surface area contributed by atoms with E-state index in [0.717, 1.165) is 11.9 Å². The number of nitrogens with one attached hydrogen (secondary N) is 1. The highest BCUT2D eigenvalue weighted by Crippen LogP contribution is 1.93. The van der Waals surface area contributed by atoms with Gasteiger partial charge >= 0.3 is 0 Å². The third-order valence-corrected chi connectivity index (χ3v) is 1.49. The largest absolute Gasteiger partial charge is 0.383 e. The second-order valence-electron chi connectivity index (χ2n) is 0.828. The van der Waals surface area contributed by atoms with Gasteiger partial charge in [0.1, 0.15) is 4.32 Å². The molecule has 0 unspecified atom stereocenters. The van der Waals surface area contributed by atoms with Crippen molar-refractivity contribution in [3.8, 4) is 0 Å². The van der Waals surface area contributed by atoms with Crippen molar-refractivity contribution in [1.29, 1.82) is 0 Å². The molecule has 8 heavy (non-hydrogen) atoms. The second kappa shape index (κ2) is 4.37. The number of rotatable bonds is 0. The molecular formula is C2H4N2S4. The molecule has 3 N–H and O–H groups in total. The molecule has 0 aliphatic rings. The van der Waals surface area contributed by atoms with Crippen LogP contribution in [-0.2, 0) is 0 Å². The van der Waals surface area contributed by atoms with Crippen LogP contribution in [0.3, 0.4) is 0 Å². The van der Waals surface area contributed by atoms with Crippen molar-refractivity contribution in [3.05, 3.63) is 0 Å². The molecule has 0 radical (unpaired) electrons. The zero-order valence-electron chi connectivity index (χ0n) is 3.75. The highest BCUT2D eigenvalue weighted by atomic mass is 32.2. The molecule has 0 rings (SSSR count). The maximum absolute atomic E-state index is 5.08. The molecular weight excluding hydrogens is 180 g/mol. The molecule has 0 aromatic carbocycles. The van der Waals surface area contributed by atoms with Crippen LogP contribution in [0.4, 0.5) is 0 Å². The minimum atomic E-state index is 0.307. The molecule has 0 aromatic rings. The zero-order valence-corrected chi connectivity index (χ0v) is 7.09. The van der Waals surface area contributed by atoms with Gasteiger partial charge in [0.15, 0.2) is 4.32 Å². The Kier molecular flexibility index (Phi) is 4.63. The summed E-state index contributed by atoms with van der Waals surface area (Å²) in [6.45, 7) is 0. The van der Waals surface area contributed by atoms with Crippen molar-refractivity contribution in [2.75, 3.05) is 0 Å². The maximum Gasteiger partial charge on any atom is 0.151 e. The summed E-state index contributed by atoms with van der Waals surface area (Å²) < 4.78 is 3.28. The normalized spacial score (nSPS) is 8.12. The lowest BCUT2D eigenvalue weighted by Gasteiger charge is -1.96. The predicted molar refractivity (Wildman–Crippen MR) is 49.1 cm³/mol. The second-order valence-corrected chi connectivity index (χ2v) is 3.53. The molecule has 0 saturated carbocycles. The minimum Gasteiger partial charge on any atom is -0.383 e. The summed E-state index contributed by atoms with van der Waals surface area (Å²) in [5.74, 6) is 0. The number of nitrogens with two attached hydrogens (primary N) is 1. The first-order valence-corrected chi connectivity index (χ1v) is 3.66. The van der Waals surface area contributed by atoms with E-state index in [0.29, 0.717) is 8.64 Å². The fourth-order valence-corrected chi connectivity index (χ4v) is 0.669. The van der Waals surface area contributed by atoms with Crippen molar-refractivity contribution in [1.82, 2.24) is 4.72 Å². The summed E-state index contributed by atoms with van der Waals surface area (Å²) in [6, 6.07) is 0. The molecule has 0 spiro atoms. The summed E-state index contributed by atoms with van der Waals surface area (Å²) in [5, 5.41) is 0. The van der Waals surface area contributed by atoms with Crippen molar-refractivity contribution in [2.24, 2.45) is 5.73 Å². The molecule has 0 fully saturated rings. The van der Waals surface area contributed by atoms with Crippen LogP contribution in [0, 0.1) is 0 Å². The van der Waals surface area contributed by atoms with E-state index in [9.17, 15) is 0 Å². The van der Waals surface area contributed by atoms with Gasteiger partial charge in [0.25, 0.3) is 0 Å². The molecule has 0 saturated heterocycles. The maximum atomic E-state index is 5.08. The third-order valence-electron chi connectivity index (χ3n) is 0.239. The highest BCUT2D eigenvalue weighted by Gasteiger charge is 1.88. The van der Waals surface area contributed by atoms with Crippen LogP contribution in [0.2, 0.25) is 0 Å². The highest BCUT2D eigenvalue weighted by molar-refractivity contribution is 8.24. The van der Waals surface area contributed by atoms with Gasteiger partial charge < -0.3 is 10.5 Å². The summed E-state index contributed by atoms with van der Waals surface area (Å²) in [7, 11) is 0. The molecule has 46 valence electrons. The van der Waals surface area contributed by atoms with Gasteiger partial charge in [-0.25, -0.2) is 0 Å². The molecule has 6 heteroatoms. The van der Waals surface area contributed by atoms with E-state index < -0.39 is 0 Å². The Bertz CT molecular complexity index is 96.6. The number of hydrogen-bond donors (Lipinski definition) is 3. The van der Waals surface area contributed by atoms with Crippen LogP contribution in [0.25, 0.3) is 0 Å². The molecule has 0 aliphatic heterocycles. The van der Waals surface area contributed by atoms with E-state index in [1.54, 1.807) is 0 Å². The molecule has 0 amide bonds. The molecule has 2 nitrogen and oxygen atoms in total. The van der Waals surface area contributed by atoms with Crippen molar-refractivity contribution >= 4 is 57.7 Å². The van der Waals surface area contributed by atoms with E-state index >= 15 is 0 Å². The fraction of sp³-hybridized carbons (Fsp3) is 0. The third kappa shape index (κ3) is 6.48. The molecule has 0 atom stereocenters. The first-order chi connectivity index (χ1) is 3.63. The lowest BCUT2D eigenvalue weighted by atomic mass is 11.5. The topological polar surface area (TPSA) is 38.0 Å². The Balaban J connectivity index is 3.18. The van der Waals surface area contributed by atoms with Crippen molar-refractivity contribution < 1.29 is 0 Å². The summed E-state index contributed by atoms with van der Waals surface area (Å²) in [4.78, 5) is 0. The number of thiol groups is 1. The quantitative estimate of drug-likeness (QED) is 0.293. The van der Waals surface area contributed by atoms with Gasteiger partial charge in [-0.05, 0) is 0 Å². The van der Waals surface area contributed by atoms with E-state index in [2.05, 4.69) is 41.8 Å². The van der Waals surface area contributed by atoms with Gasteiger partial charge in [0.05, 0.1) is 0 Å². The van der Waals surface area contributed by atoms with Gasteiger partial charge in [-0.15, -0.1) is 12.6 Å². The monoisotopic (exact) mass is 184 g/mol. The molecule has 0 bridgehead atoms. The van der Waals surface area contributed by atoms with Crippen LogP contribution in [-0.4, -0.2) is 8.64 Å². The lowest BCUT2D eigenvalue weighted by Crippen LogP contribution is -2.13. The van der Waals surface area contributed by atoms with Crippen molar-refractivity contribution in [3.63, 3.8) is 0 Å². The fourth-order valence-electron chi connectivity index (χ4n) is 0.0940. The van der Waals surface area contributed by atoms with E-state index in [1.165, 1.54) is 0 Å². The Morgan fingerprint density at radius 2 is 2.12 bits per heavy atom. The Morgan fingerprint density at radius 3 is 2.25 bits per heavy atom. The number of hydrogen-bond acceptors (Lipinski definition) is 3. The van der Waals surface area contributed by atoms with E-state index in [4.69, 9.17) is 5.73 Å². The Labute approximate surface area is 68.1 Å². The van der Waals surface area contributed by atoms with Gasteiger partial charge in [0, 0.05) is 11.9 Å². The summed E-state index contributed by atoms with van der Waals surface area (Å²) >= 11 is 13.9. The van der Waals surface area contributed by atoms with Gasteiger partial charge in [-0.3, -0.25) is 0 Å². The smallest absolute Gasteiger partial charge is 0.151 e. The van der Waals surface area contributed by atoms with E-state index in [-0.39, 0.29) is 0 Å². The van der Waals surface area contributed by atoms with Crippen LogP contribution >= 0.6 is 49.0 Å². The first-order valence-electron chi connectivity index (χ1n) is 1.58. The average Bonchev–Trinajstić information content (AvgIpc) is 1.61. The lowest BCUT2D eigenvalue weighted by molar-refractivity contribution is 1.66. The molecule has 0 aromatic heterocycles. The SMILES string of the molecule is NC(=S)SNC(=S)S.